The largest absolute Gasteiger partial charge is 0.497 e. The van der Waals surface area contributed by atoms with E-state index in [0.717, 1.165) is 11.1 Å². The molecule has 0 saturated heterocycles. The molecule has 0 N–H and O–H groups in total. The van der Waals surface area contributed by atoms with Crippen molar-refractivity contribution in [3.05, 3.63) is 58.7 Å². The summed E-state index contributed by atoms with van der Waals surface area (Å²) in [5, 5.41) is 35.8. The van der Waals surface area contributed by atoms with Gasteiger partial charge in [0.1, 0.15) is 41.2 Å². The molecular weight excluding hydrogens is 288 g/mol. The van der Waals surface area contributed by atoms with Crippen molar-refractivity contribution < 1.29 is 4.74 Å². The summed E-state index contributed by atoms with van der Waals surface area (Å²) in [4.78, 5) is 0. The summed E-state index contributed by atoms with van der Waals surface area (Å²) in [6.45, 7) is 1.81. The lowest BCUT2D eigenvalue weighted by atomic mass is 10.0. The molecule has 5 nitrogen and oxygen atoms in total. The molecular formula is C18H12N4O. The van der Waals surface area contributed by atoms with Gasteiger partial charge in [-0.05, 0) is 42.3 Å². The number of hydrogen-bond acceptors (Lipinski definition) is 5. The van der Waals surface area contributed by atoms with Crippen molar-refractivity contribution in [1.82, 2.24) is 0 Å². The first-order chi connectivity index (χ1) is 11.1. The Bertz CT molecular complexity index is 813. The maximum absolute atomic E-state index is 9.04. The first-order valence-corrected chi connectivity index (χ1v) is 6.48. The van der Waals surface area contributed by atoms with Crippen LogP contribution in [-0.2, 0) is 0 Å². The predicted molar refractivity (Wildman–Crippen MR) is 84.2 cm³/mol. The fourth-order valence-electron chi connectivity index (χ4n) is 1.76. The lowest BCUT2D eigenvalue weighted by Crippen LogP contribution is -1.88. The second kappa shape index (κ2) is 8.48. The minimum atomic E-state index is -0.179. The Morgan fingerprint density at radius 3 is 1.91 bits per heavy atom. The Balaban J connectivity index is 3.40. The van der Waals surface area contributed by atoms with Gasteiger partial charge in [-0.1, -0.05) is 12.1 Å². The monoisotopic (exact) mass is 300 g/mol. The highest BCUT2D eigenvalue weighted by Crippen LogP contribution is 2.21. The maximum Gasteiger partial charge on any atom is 0.136 e. The standard InChI is InChI=1S/C18H12N4O/c1-13(15-3-5-18(23-2)6-4-15)7-16(17(11-21)12-22)8-14(9-19)10-20/h3-8H,1-2H3/b13-7+. The number of nitriles is 4. The van der Waals surface area contributed by atoms with Gasteiger partial charge < -0.3 is 4.74 Å². The molecule has 0 fully saturated rings. The number of rotatable bonds is 4. The number of ether oxygens (including phenoxy) is 1. The maximum atomic E-state index is 9.04. The van der Waals surface area contributed by atoms with Crippen molar-refractivity contribution in [2.24, 2.45) is 0 Å². The Labute approximate surface area is 134 Å². The second-order valence-corrected chi connectivity index (χ2v) is 4.39. The van der Waals surface area contributed by atoms with Gasteiger partial charge >= 0.3 is 0 Å². The zero-order valence-electron chi connectivity index (χ0n) is 12.7. The van der Waals surface area contributed by atoms with E-state index < -0.39 is 0 Å². The van der Waals surface area contributed by atoms with Gasteiger partial charge in [-0.3, -0.25) is 0 Å². The molecule has 0 aliphatic rings. The van der Waals surface area contributed by atoms with E-state index in [4.69, 9.17) is 25.8 Å². The number of benzene rings is 1. The van der Waals surface area contributed by atoms with Crippen LogP contribution in [0.3, 0.4) is 0 Å². The van der Waals surface area contributed by atoms with E-state index in [1.165, 1.54) is 6.08 Å². The second-order valence-electron chi connectivity index (χ2n) is 4.39. The molecule has 1 aromatic rings. The third-order valence-electron chi connectivity index (χ3n) is 2.97. The summed E-state index contributed by atoms with van der Waals surface area (Å²) < 4.78 is 5.09. The van der Waals surface area contributed by atoms with Crippen LogP contribution in [0.4, 0.5) is 0 Å². The summed E-state index contributed by atoms with van der Waals surface area (Å²) in [6, 6.07) is 14.2. The zero-order valence-corrected chi connectivity index (χ0v) is 12.7. The van der Waals surface area contributed by atoms with Gasteiger partial charge in [0.25, 0.3) is 0 Å². The molecule has 110 valence electrons. The van der Waals surface area contributed by atoms with Crippen LogP contribution in [0.2, 0.25) is 0 Å². The van der Waals surface area contributed by atoms with Gasteiger partial charge in [-0.15, -0.1) is 0 Å². The quantitative estimate of drug-likeness (QED) is 0.625. The fourth-order valence-corrected chi connectivity index (χ4v) is 1.76. The summed E-state index contributed by atoms with van der Waals surface area (Å²) in [5.74, 6) is 0.711. The van der Waals surface area contributed by atoms with Gasteiger partial charge in [0.2, 0.25) is 0 Å². The molecule has 0 heterocycles. The summed E-state index contributed by atoms with van der Waals surface area (Å²) in [6.07, 6.45) is 2.83. The highest BCUT2D eigenvalue weighted by molar-refractivity contribution is 5.70. The smallest absolute Gasteiger partial charge is 0.136 e. The van der Waals surface area contributed by atoms with Crippen molar-refractivity contribution >= 4 is 5.57 Å². The van der Waals surface area contributed by atoms with Crippen LogP contribution in [0.1, 0.15) is 12.5 Å². The van der Waals surface area contributed by atoms with E-state index in [0.29, 0.717) is 5.75 Å². The van der Waals surface area contributed by atoms with Gasteiger partial charge in [-0.2, -0.15) is 21.0 Å². The molecule has 0 bridgehead atoms. The highest BCUT2D eigenvalue weighted by Gasteiger charge is 2.05. The summed E-state index contributed by atoms with van der Waals surface area (Å²) in [7, 11) is 1.57. The minimum Gasteiger partial charge on any atom is -0.497 e. The average Bonchev–Trinajstić information content (AvgIpc) is 2.60. The van der Waals surface area contributed by atoms with E-state index in [1.54, 1.807) is 56.5 Å². The number of nitrogens with zero attached hydrogens (tertiary/aromatic N) is 4. The van der Waals surface area contributed by atoms with Crippen molar-refractivity contribution in [3.63, 3.8) is 0 Å². The van der Waals surface area contributed by atoms with Crippen LogP contribution in [-0.4, -0.2) is 7.11 Å². The van der Waals surface area contributed by atoms with Gasteiger partial charge in [0.15, 0.2) is 0 Å². The minimum absolute atomic E-state index is 0.166. The van der Waals surface area contributed by atoms with E-state index in [9.17, 15) is 0 Å². The van der Waals surface area contributed by atoms with Crippen LogP contribution < -0.4 is 4.74 Å². The van der Waals surface area contributed by atoms with E-state index in [1.807, 2.05) is 12.1 Å². The Hall–Kier alpha value is -3.80. The molecule has 0 aromatic heterocycles. The van der Waals surface area contributed by atoms with Gasteiger partial charge in [0.05, 0.1) is 7.11 Å². The van der Waals surface area contributed by atoms with Gasteiger partial charge in [-0.25, -0.2) is 0 Å². The van der Waals surface area contributed by atoms with Crippen LogP contribution in [0.5, 0.6) is 5.75 Å². The van der Waals surface area contributed by atoms with Crippen LogP contribution in [0, 0.1) is 45.3 Å². The molecule has 0 amide bonds. The summed E-state index contributed by atoms with van der Waals surface area (Å²) >= 11 is 0. The molecule has 23 heavy (non-hydrogen) atoms. The lowest BCUT2D eigenvalue weighted by molar-refractivity contribution is 0.415. The summed E-state index contributed by atoms with van der Waals surface area (Å²) in [5.41, 5.74) is 1.52. The van der Waals surface area contributed by atoms with Crippen LogP contribution in [0.15, 0.2) is 53.1 Å². The predicted octanol–water partition coefficient (Wildman–Crippen LogP) is 3.42. The molecule has 1 rings (SSSR count). The van der Waals surface area contributed by atoms with Crippen LogP contribution in [0.25, 0.3) is 5.57 Å². The average molecular weight is 300 g/mol. The van der Waals surface area contributed by atoms with Gasteiger partial charge in [0, 0.05) is 5.57 Å². The molecule has 0 aliphatic carbocycles. The Morgan fingerprint density at radius 1 is 0.913 bits per heavy atom. The number of allylic oxidation sites excluding steroid dienone is 6. The molecule has 0 spiro atoms. The van der Waals surface area contributed by atoms with Crippen LogP contribution >= 0.6 is 0 Å². The molecule has 0 aliphatic heterocycles. The third kappa shape index (κ3) is 4.61. The Morgan fingerprint density at radius 2 is 1.48 bits per heavy atom. The normalized spacial score (nSPS) is 9.39. The SMILES string of the molecule is COc1ccc(/C(C)=C/C(C=C(C#N)C#N)=C(C#N)C#N)cc1. The van der Waals surface area contributed by atoms with Crippen molar-refractivity contribution in [2.75, 3.05) is 7.11 Å². The van der Waals surface area contributed by atoms with E-state index in [2.05, 4.69) is 0 Å². The lowest BCUT2D eigenvalue weighted by Gasteiger charge is -2.05. The van der Waals surface area contributed by atoms with Crippen molar-refractivity contribution in [1.29, 1.82) is 21.0 Å². The number of hydrogen-bond donors (Lipinski definition) is 0. The Kier molecular flexibility index (Phi) is 6.36. The van der Waals surface area contributed by atoms with E-state index in [-0.39, 0.29) is 16.7 Å². The molecule has 5 heteroatoms. The van der Waals surface area contributed by atoms with Crippen molar-refractivity contribution in [3.8, 4) is 30.0 Å². The van der Waals surface area contributed by atoms with Crippen molar-refractivity contribution in [2.45, 2.75) is 6.92 Å². The zero-order chi connectivity index (χ0) is 17.2. The van der Waals surface area contributed by atoms with E-state index >= 15 is 0 Å². The first kappa shape index (κ1) is 17.3. The topological polar surface area (TPSA) is 104 Å². The highest BCUT2D eigenvalue weighted by atomic mass is 16.5. The molecule has 0 unspecified atom stereocenters. The third-order valence-corrected chi connectivity index (χ3v) is 2.97. The number of methoxy groups -OCH3 is 1. The molecule has 0 radical (unpaired) electrons. The fraction of sp³-hybridized carbons (Fsp3) is 0.111. The first-order valence-electron chi connectivity index (χ1n) is 6.48. The molecule has 0 saturated carbocycles. The molecule has 1 aromatic carbocycles. The molecule has 0 atom stereocenters.